The third kappa shape index (κ3) is 3.37. The molecule has 0 bridgehead atoms. The number of nitro benzene ring substituents is 1. The second-order valence-electron chi connectivity index (χ2n) is 7.55. The van der Waals surface area contributed by atoms with Gasteiger partial charge in [0.15, 0.2) is 0 Å². The summed E-state index contributed by atoms with van der Waals surface area (Å²) < 4.78 is 6.20. The van der Waals surface area contributed by atoms with Crippen molar-refractivity contribution in [3.8, 4) is 5.75 Å². The van der Waals surface area contributed by atoms with Crippen LogP contribution in [-0.4, -0.2) is 23.8 Å². The van der Waals surface area contributed by atoms with Crippen LogP contribution in [0.3, 0.4) is 0 Å². The average molecular weight is 518 g/mol. The van der Waals surface area contributed by atoms with Gasteiger partial charge in [-0.25, -0.2) is 4.90 Å². The Morgan fingerprint density at radius 1 is 0.941 bits per heavy atom. The number of hydrogen-bond acceptors (Lipinski definition) is 6. The molecule has 0 saturated carbocycles. The average Bonchev–Trinajstić information content (AvgIpc) is 2.84. The summed E-state index contributed by atoms with van der Waals surface area (Å²) in [6, 6.07) is 19.9. The Balaban J connectivity index is 1.75. The van der Waals surface area contributed by atoms with Gasteiger partial charge in [-0.1, -0.05) is 40.2 Å². The van der Waals surface area contributed by atoms with Crippen molar-refractivity contribution in [1.29, 1.82) is 0 Å². The first-order valence-electron chi connectivity index (χ1n) is 10.2. The maximum Gasteiger partial charge on any atom is 0.294 e. The molecule has 8 nitrogen and oxygen atoms in total. The highest BCUT2D eigenvalue weighted by molar-refractivity contribution is 9.10. The molecule has 0 aliphatic carbocycles. The number of anilines is 3. The number of nitrogens with one attached hydrogen (secondary N) is 1. The van der Waals surface area contributed by atoms with Gasteiger partial charge in [-0.05, 0) is 42.5 Å². The Morgan fingerprint density at radius 3 is 2.35 bits per heavy atom. The van der Waals surface area contributed by atoms with Gasteiger partial charge in [0.05, 0.1) is 23.3 Å². The Hall–Kier alpha value is -4.24. The van der Waals surface area contributed by atoms with Crippen LogP contribution >= 0.6 is 15.9 Å². The van der Waals surface area contributed by atoms with Crippen LogP contribution in [0.1, 0.15) is 20.7 Å². The summed E-state index contributed by atoms with van der Waals surface area (Å²) in [4.78, 5) is 39.6. The number of carbonyl (C=O) groups is 2. The van der Waals surface area contributed by atoms with Crippen molar-refractivity contribution in [2.24, 2.45) is 0 Å². The predicted molar refractivity (Wildman–Crippen MR) is 132 cm³/mol. The zero-order valence-electron chi connectivity index (χ0n) is 17.7. The fourth-order valence-electron chi connectivity index (χ4n) is 4.14. The molecular weight excluding hydrogens is 502 g/mol. The summed E-state index contributed by atoms with van der Waals surface area (Å²) >= 11 is 3.37. The number of nitrogens with zero attached hydrogens (tertiary/aromatic N) is 2. The van der Waals surface area contributed by atoms with Crippen molar-refractivity contribution >= 4 is 61.3 Å². The monoisotopic (exact) mass is 517 g/mol. The van der Waals surface area contributed by atoms with E-state index in [1.807, 2.05) is 0 Å². The molecule has 2 amide bonds. The third-order valence-corrected chi connectivity index (χ3v) is 6.17. The first-order chi connectivity index (χ1) is 16.4. The summed E-state index contributed by atoms with van der Waals surface area (Å²) in [6.45, 7) is 0. The molecule has 0 aromatic heterocycles. The highest BCUT2D eigenvalue weighted by Gasteiger charge is 2.38. The minimum absolute atomic E-state index is 0.0733. The summed E-state index contributed by atoms with van der Waals surface area (Å²) in [7, 11) is 1.44. The lowest BCUT2D eigenvalue weighted by Crippen LogP contribution is -2.40. The zero-order valence-corrected chi connectivity index (χ0v) is 19.3. The standard InChI is InChI=1S/C25H16BrN3O5/c1-34-21-8-3-2-7-19(21)28-24(30)17-6-4-5-16-22(17)18(25(28)31)13-20(29(32)33)23(16)27-15-11-9-14(26)10-12-15/h2-13,27H,1H3. The summed E-state index contributed by atoms with van der Waals surface area (Å²) in [5.74, 6) is -0.851. The van der Waals surface area contributed by atoms with E-state index in [9.17, 15) is 19.7 Å². The van der Waals surface area contributed by atoms with Crippen molar-refractivity contribution in [1.82, 2.24) is 0 Å². The molecule has 4 aromatic rings. The Morgan fingerprint density at radius 2 is 1.65 bits per heavy atom. The highest BCUT2D eigenvalue weighted by atomic mass is 79.9. The number of carbonyl (C=O) groups excluding carboxylic acids is 2. The van der Waals surface area contributed by atoms with Gasteiger partial charge >= 0.3 is 0 Å². The smallest absolute Gasteiger partial charge is 0.294 e. The van der Waals surface area contributed by atoms with E-state index in [1.165, 1.54) is 13.2 Å². The minimum Gasteiger partial charge on any atom is -0.495 e. The number of methoxy groups -OCH3 is 1. The number of amides is 2. The van der Waals surface area contributed by atoms with Gasteiger partial charge in [0.2, 0.25) is 0 Å². The molecule has 0 fully saturated rings. The predicted octanol–water partition coefficient (Wildman–Crippen LogP) is 6.06. The lowest BCUT2D eigenvalue weighted by atomic mass is 9.91. The minimum atomic E-state index is -0.656. The van der Waals surface area contributed by atoms with E-state index in [-0.39, 0.29) is 28.2 Å². The quantitative estimate of drug-likeness (QED) is 0.196. The van der Waals surface area contributed by atoms with E-state index >= 15 is 0 Å². The van der Waals surface area contributed by atoms with Crippen LogP contribution in [0.25, 0.3) is 10.8 Å². The van der Waals surface area contributed by atoms with Crippen LogP contribution < -0.4 is 15.0 Å². The van der Waals surface area contributed by atoms with Crippen molar-refractivity contribution in [2.45, 2.75) is 0 Å². The number of halogens is 1. The number of para-hydroxylation sites is 2. The van der Waals surface area contributed by atoms with E-state index in [0.717, 1.165) is 9.37 Å². The lowest BCUT2D eigenvalue weighted by Gasteiger charge is -2.28. The number of rotatable bonds is 5. The second-order valence-corrected chi connectivity index (χ2v) is 8.47. The largest absolute Gasteiger partial charge is 0.495 e. The second kappa shape index (κ2) is 8.27. The van der Waals surface area contributed by atoms with Gasteiger partial charge in [-0.15, -0.1) is 0 Å². The summed E-state index contributed by atoms with van der Waals surface area (Å²) in [6.07, 6.45) is 0. The highest BCUT2D eigenvalue weighted by Crippen LogP contribution is 2.43. The lowest BCUT2D eigenvalue weighted by molar-refractivity contribution is -0.383. The van der Waals surface area contributed by atoms with E-state index in [2.05, 4.69) is 21.2 Å². The van der Waals surface area contributed by atoms with Crippen LogP contribution in [0.4, 0.5) is 22.7 Å². The molecule has 1 heterocycles. The number of benzene rings is 4. The van der Waals surface area contributed by atoms with Crippen LogP contribution in [0.5, 0.6) is 5.75 Å². The first kappa shape index (κ1) is 21.6. The van der Waals surface area contributed by atoms with E-state index < -0.39 is 16.7 Å². The third-order valence-electron chi connectivity index (χ3n) is 5.64. The van der Waals surface area contributed by atoms with Crippen molar-refractivity contribution < 1.29 is 19.2 Å². The molecule has 9 heteroatoms. The zero-order chi connectivity index (χ0) is 24.0. The van der Waals surface area contributed by atoms with Crippen LogP contribution in [0.15, 0.2) is 77.3 Å². The molecule has 1 aliphatic rings. The van der Waals surface area contributed by atoms with Crippen molar-refractivity contribution in [3.05, 3.63) is 98.5 Å². The molecule has 5 rings (SSSR count). The number of hydrogen-bond donors (Lipinski definition) is 1. The maximum atomic E-state index is 13.6. The molecule has 4 aromatic carbocycles. The maximum absolute atomic E-state index is 13.6. The fraction of sp³-hybridized carbons (Fsp3) is 0.0400. The van der Waals surface area contributed by atoms with Gasteiger partial charge in [-0.3, -0.25) is 19.7 Å². The first-order valence-corrected chi connectivity index (χ1v) is 11.0. The van der Waals surface area contributed by atoms with Gasteiger partial charge in [0.1, 0.15) is 11.4 Å². The molecule has 0 saturated heterocycles. The van der Waals surface area contributed by atoms with Crippen LogP contribution in [0, 0.1) is 10.1 Å². The molecular formula is C25H16BrN3O5. The van der Waals surface area contributed by atoms with Crippen LogP contribution in [0.2, 0.25) is 0 Å². The normalized spacial score (nSPS) is 12.7. The molecule has 168 valence electrons. The van der Waals surface area contributed by atoms with Gasteiger partial charge < -0.3 is 10.1 Å². The number of ether oxygens (including phenoxy) is 1. The van der Waals surface area contributed by atoms with Crippen LogP contribution in [-0.2, 0) is 0 Å². The molecule has 0 spiro atoms. The summed E-state index contributed by atoms with van der Waals surface area (Å²) in [5, 5.41) is 15.9. The fourth-order valence-corrected chi connectivity index (χ4v) is 4.40. The molecule has 1 N–H and O–H groups in total. The van der Waals surface area contributed by atoms with Gasteiger partial charge in [0, 0.05) is 32.6 Å². The molecule has 0 radical (unpaired) electrons. The van der Waals surface area contributed by atoms with E-state index in [0.29, 0.717) is 22.2 Å². The van der Waals surface area contributed by atoms with E-state index in [1.54, 1.807) is 66.7 Å². The summed E-state index contributed by atoms with van der Waals surface area (Å²) in [5.41, 5.74) is 1.17. The SMILES string of the molecule is COc1ccccc1N1C(=O)c2cccc3c(Nc4ccc(Br)cc4)c([N+](=O)[O-])cc(c23)C1=O. The van der Waals surface area contributed by atoms with Crippen molar-refractivity contribution in [2.75, 3.05) is 17.3 Å². The molecule has 0 unspecified atom stereocenters. The Bertz CT molecular complexity index is 1500. The van der Waals surface area contributed by atoms with Gasteiger partial charge in [-0.2, -0.15) is 0 Å². The van der Waals surface area contributed by atoms with E-state index in [4.69, 9.17) is 4.74 Å². The van der Waals surface area contributed by atoms with Gasteiger partial charge in [0.25, 0.3) is 17.5 Å². The Labute approximate surface area is 202 Å². The number of imide groups is 1. The van der Waals surface area contributed by atoms with Crippen molar-refractivity contribution in [3.63, 3.8) is 0 Å². The molecule has 1 aliphatic heterocycles. The molecule has 34 heavy (non-hydrogen) atoms. The Kier molecular flexibility index (Phi) is 5.25. The molecule has 0 atom stereocenters. The topological polar surface area (TPSA) is 102 Å². The number of nitro groups is 1.